The lowest BCUT2D eigenvalue weighted by molar-refractivity contribution is -0.143. The maximum Gasteiger partial charge on any atom is 0.405 e. The molecule has 0 bridgehead atoms. The summed E-state index contributed by atoms with van der Waals surface area (Å²) in [5.41, 5.74) is 18.5. The number of carbonyl (C=O) groups is 4. The first-order valence-electron chi connectivity index (χ1n) is 23.5. The van der Waals surface area contributed by atoms with Gasteiger partial charge in [-0.1, -0.05) is 52.0 Å². The first-order chi connectivity index (χ1) is 31.1. The zero-order valence-corrected chi connectivity index (χ0v) is 38.0. The van der Waals surface area contributed by atoms with Gasteiger partial charge in [-0.15, -0.1) is 0 Å². The summed E-state index contributed by atoms with van der Waals surface area (Å²) < 4.78 is 10.7. The predicted molar refractivity (Wildman–Crippen MR) is 245 cm³/mol. The Kier molecular flexibility index (Phi) is 10.6. The number of ether oxygens (including phenoxy) is 2. The number of rotatable bonds is 11. The Morgan fingerprint density at radius 1 is 0.708 bits per heavy atom. The Hall–Kier alpha value is -6.12. The highest BCUT2D eigenvalue weighted by atomic mass is 16.6. The standard InChI is InChI=1S/C50H61N9O6/c1-27-24-40(30-14-20-34-36(25-30)55-43(53-34)38-8-6-22-57(38)45(60)41(28-10-11-28)64-47(51)62)59(33-18-15-31(16-19-33)49(2,3)4)50(27,5)32-17-21-35-37(26-32)56-44(54-35)39-9-7-23-58(39)46(61)42(29-12-13-29)65-48(52)63/h14-21,25-29,38-42H,6-13,22-24H2,1-5H3,(H2,51,62)(H2,52,63)(H,53,55)(H,54,56)/t27?,38?,39?,40?,41-,42-,50+/m0/s1. The molecule has 4 unspecified atom stereocenters. The summed E-state index contributed by atoms with van der Waals surface area (Å²) >= 11 is 0. The van der Waals surface area contributed by atoms with E-state index in [9.17, 15) is 19.2 Å². The van der Waals surface area contributed by atoms with Gasteiger partial charge >= 0.3 is 12.2 Å². The zero-order chi connectivity index (χ0) is 45.5. The van der Waals surface area contributed by atoms with Crippen LogP contribution in [-0.4, -0.2) is 79.0 Å². The van der Waals surface area contributed by atoms with Crippen LogP contribution < -0.4 is 16.4 Å². The number of primary amides is 2. The molecule has 5 aliphatic rings. The summed E-state index contributed by atoms with van der Waals surface area (Å²) in [6, 6.07) is 21.5. The second-order valence-electron chi connectivity index (χ2n) is 20.5. The van der Waals surface area contributed by atoms with Crippen molar-refractivity contribution in [1.82, 2.24) is 29.7 Å². The summed E-state index contributed by atoms with van der Waals surface area (Å²) in [6.07, 6.45) is 3.85. The van der Waals surface area contributed by atoms with Crippen molar-refractivity contribution in [3.05, 3.63) is 89.0 Å². The first-order valence-corrected chi connectivity index (χ1v) is 23.5. The Balaban J connectivity index is 0.974. The summed E-state index contributed by atoms with van der Waals surface area (Å²) in [5, 5.41) is 0. The van der Waals surface area contributed by atoms with Crippen molar-refractivity contribution in [1.29, 1.82) is 0 Å². The minimum absolute atomic E-state index is 0.00731. The van der Waals surface area contributed by atoms with Crippen molar-refractivity contribution < 1.29 is 28.7 Å². The fourth-order valence-electron chi connectivity index (χ4n) is 11.1. The fourth-order valence-corrected chi connectivity index (χ4v) is 11.1. The highest BCUT2D eigenvalue weighted by Crippen LogP contribution is 2.55. The third kappa shape index (κ3) is 7.84. The molecule has 5 fully saturated rings. The topological polar surface area (TPSA) is 206 Å². The van der Waals surface area contributed by atoms with Crippen LogP contribution in [-0.2, 0) is 30.0 Å². The highest BCUT2D eigenvalue weighted by Gasteiger charge is 2.51. The monoisotopic (exact) mass is 883 g/mol. The molecule has 0 spiro atoms. The van der Waals surface area contributed by atoms with Gasteiger partial charge in [0.05, 0.1) is 45.7 Å². The van der Waals surface area contributed by atoms with E-state index in [1.54, 1.807) is 0 Å². The molecule has 2 aliphatic carbocycles. The number of hydrogen-bond donors (Lipinski definition) is 4. The number of aromatic amines is 2. The molecule has 15 nitrogen and oxygen atoms in total. The molecular weight excluding hydrogens is 823 g/mol. The second-order valence-corrected chi connectivity index (χ2v) is 20.5. The van der Waals surface area contributed by atoms with Crippen molar-refractivity contribution in [2.24, 2.45) is 29.2 Å². The van der Waals surface area contributed by atoms with E-state index >= 15 is 0 Å². The van der Waals surface area contributed by atoms with Crippen LogP contribution in [0.25, 0.3) is 22.1 Å². The molecule has 3 saturated heterocycles. The number of likely N-dealkylation sites (tertiary alicyclic amines) is 2. The van der Waals surface area contributed by atoms with Crippen molar-refractivity contribution in [2.75, 3.05) is 18.0 Å². The summed E-state index contributed by atoms with van der Waals surface area (Å²) in [6.45, 7) is 12.5. The molecule has 3 aromatic carbocycles. The SMILES string of the molecule is CC1CC(c2ccc3nc(C4CCCN4C(=O)[C@@H](OC(N)=O)C4CC4)[nH]c3c2)N(c2ccc(C(C)(C)C)cc2)[C@@]1(C)c1ccc2nc(C3CCCN3C(=O)[C@@H](OC(N)=O)C3CC3)[nH]c2c1. The Morgan fingerprint density at radius 2 is 1.22 bits per heavy atom. The molecule has 7 atom stereocenters. The van der Waals surface area contributed by atoms with Gasteiger partial charge in [-0.2, -0.15) is 0 Å². The number of hydrogen-bond acceptors (Lipinski definition) is 9. The van der Waals surface area contributed by atoms with Crippen LogP contribution in [0.1, 0.15) is 139 Å². The predicted octanol–water partition coefficient (Wildman–Crippen LogP) is 8.31. The number of benzene rings is 3. The van der Waals surface area contributed by atoms with E-state index in [0.29, 0.717) is 13.1 Å². The van der Waals surface area contributed by atoms with Crippen molar-refractivity contribution in [3.8, 4) is 0 Å². The van der Waals surface area contributed by atoms with E-state index in [1.807, 2.05) is 9.80 Å². The van der Waals surface area contributed by atoms with Crippen LogP contribution in [0.5, 0.6) is 0 Å². The highest BCUT2D eigenvalue weighted by molar-refractivity contribution is 5.86. The molecule has 5 aromatic rings. The Morgan fingerprint density at radius 3 is 1.71 bits per heavy atom. The number of amides is 4. The van der Waals surface area contributed by atoms with Gasteiger partial charge in [0.15, 0.2) is 12.2 Å². The summed E-state index contributed by atoms with van der Waals surface area (Å²) in [4.78, 5) is 74.6. The smallest absolute Gasteiger partial charge is 0.405 e. The number of anilines is 1. The van der Waals surface area contributed by atoms with Gasteiger partial charge < -0.3 is 45.6 Å². The second kappa shape index (κ2) is 16.1. The van der Waals surface area contributed by atoms with E-state index in [-0.39, 0.29) is 53.1 Å². The number of fused-ring (bicyclic) bond motifs is 2. The number of imidazole rings is 2. The summed E-state index contributed by atoms with van der Waals surface area (Å²) in [5.74, 6) is 1.30. The van der Waals surface area contributed by atoms with Gasteiger partial charge in [-0.05, 0) is 129 Å². The molecule has 342 valence electrons. The lowest BCUT2D eigenvalue weighted by Gasteiger charge is -2.43. The van der Waals surface area contributed by atoms with Gasteiger partial charge in [-0.25, -0.2) is 19.6 Å². The van der Waals surface area contributed by atoms with E-state index < -0.39 is 29.9 Å². The lowest BCUT2D eigenvalue weighted by Crippen LogP contribution is -2.43. The van der Waals surface area contributed by atoms with E-state index in [4.69, 9.17) is 30.9 Å². The van der Waals surface area contributed by atoms with Crippen molar-refractivity contribution >= 4 is 51.8 Å². The average molecular weight is 884 g/mol. The molecule has 10 rings (SSSR count). The van der Waals surface area contributed by atoms with Crippen LogP contribution in [0.4, 0.5) is 15.3 Å². The van der Waals surface area contributed by atoms with E-state index in [0.717, 1.165) is 108 Å². The number of H-pyrrole nitrogens is 2. The maximum atomic E-state index is 13.8. The third-order valence-corrected chi connectivity index (χ3v) is 15.1. The Bertz CT molecular complexity index is 2660. The maximum absolute atomic E-state index is 13.8. The van der Waals surface area contributed by atoms with Gasteiger partial charge in [0, 0.05) is 30.6 Å². The van der Waals surface area contributed by atoms with Crippen LogP contribution >= 0.6 is 0 Å². The van der Waals surface area contributed by atoms with Crippen molar-refractivity contribution in [3.63, 3.8) is 0 Å². The molecule has 2 aromatic heterocycles. The molecule has 15 heteroatoms. The molecule has 0 radical (unpaired) electrons. The quantitative estimate of drug-likeness (QED) is 0.101. The molecule has 6 N–H and O–H groups in total. The minimum atomic E-state index is -0.923. The first kappa shape index (κ1) is 42.8. The van der Waals surface area contributed by atoms with Crippen LogP contribution in [0, 0.1) is 17.8 Å². The van der Waals surface area contributed by atoms with Gasteiger partial charge in [-0.3, -0.25) is 9.59 Å². The largest absolute Gasteiger partial charge is 0.436 e. The summed E-state index contributed by atoms with van der Waals surface area (Å²) in [7, 11) is 0. The molecule has 2 saturated carbocycles. The number of aromatic nitrogens is 4. The molecule has 4 amide bonds. The van der Waals surface area contributed by atoms with Crippen molar-refractivity contribution in [2.45, 2.75) is 134 Å². The number of carbonyl (C=O) groups excluding carboxylic acids is 4. The van der Waals surface area contributed by atoms with E-state index in [2.05, 4.69) is 110 Å². The molecule has 5 heterocycles. The molecular formula is C50H61N9O6. The molecule has 3 aliphatic heterocycles. The zero-order valence-electron chi connectivity index (χ0n) is 38.0. The van der Waals surface area contributed by atoms with Gasteiger partial charge in [0.1, 0.15) is 11.6 Å². The van der Waals surface area contributed by atoms with Gasteiger partial charge in [0.2, 0.25) is 0 Å². The van der Waals surface area contributed by atoms with Crippen LogP contribution in [0.3, 0.4) is 0 Å². The van der Waals surface area contributed by atoms with Crippen LogP contribution in [0.15, 0.2) is 60.7 Å². The van der Waals surface area contributed by atoms with Crippen LogP contribution in [0.2, 0.25) is 0 Å². The van der Waals surface area contributed by atoms with Gasteiger partial charge in [0.25, 0.3) is 11.8 Å². The minimum Gasteiger partial charge on any atom is -0.436 e. The number of nitrogens with one attached hydrogen (secondary N) is 2. The average Bonchev–Trinajstić information content (AvgIpc) is 3.99. The Labute approximate surface area is 379 Å². The number of nitrogens with zero attached hydrogens (tertiary/aromatic N) is 5. The fraction of sp³-hybridized carbons (Fsp3) is 0.520. The lowest BCUT2D eigenvalue weighted by atomic mass is 9.80. The number of nitrogens with two attached hydrogens (primary N) is 2. The van der Waals surface area contributed by atoms with E-state index in [1.165, 1.54) is 5.56 Å². The molecule has 65 heavy (non-hydrogen) atoms. The normalized spacial score (nSPS) is 25.6. The third-order valence-electron chi connectivity index (χ3n) is 15.1.